The normalized spacial score (nSPS) is 14.0. The van der Waals surface area contributed by atoms with E-state index in [0.717, 1.165) is 10.6 Å². The van der Waals surface area contributed by atoms with E-state index in [9.17, 15) is 9.59 Å². The van der Waals surface area contributed by atoms with Gasteiger partial charge in [0.2, 0.25) is 11.8 Å². The fourth-order valence-corrected chi connectivity index (χ4v) is 3.47. The van der Waals surface area contributed by atoms with Crippen molar-refractivity contribution in [1.82, 2.24) is 16.2 Å². The first-order valence-corrected chi connectivity index (χ1v) is 9.05. The third-order valence-electron chi connectivity index (χ3n) is 3.17. The lowest BCUT2D eigenvalue weighted by molar-refractivity contribution is -0.121. The quantitative estimate of drug-likeness (QED) is 0.560. The Morgan fingerprint density at radius 1 is 1.29 bits per heavy atom. The summed E-state index contributed by atoms with van der Waals surface area (Å²) < 4.78 is 0. The van der Waals surface area contributed by atoms with Crippen LogP contribution < -0.4 is 21.1 Å². The number of hydrazine groups is 1. The highest BCUT2D eigenvalue weighted by Gasteiger charge is 2.24. The lowest BCUT2D eigenvalue weighted by Crippen LogP contribution is -2.52. The molecule has 6 nitrogen and oxygen atoms in total. The van der Waals surface area contributed by atoms with Crippen molar-refractivity contribution in [3.05, 3.63) is 24.3 Å². The van der Waals surface area contributed by atoms with E-state index >= 15 is 0 Å². The van der Waals surface area contributed by atoms with Crippen molar-refractivity contribution >= 4 is 46.6 Å². The number of amides is 2. The van der Waals surface area contributed by atoms with Crippen LogP contribution in [0.4, 0.5) is 5.69 Å². The van der Waals surface area contributed by atoms with Crippen molar-refractivity contribution in [3.63, 3.8) is 0 Å². The van der Waals surface area contributed by atoms with Gasteiger partial charge in [0.25, 0.3) is 0 Å². The smallest absolute Gasteiger partial charge is 0.240 e. The molecule has 24 heavy (non-hydrogen) atoms. The van der Waals surface area contributed by atoms with Gasteiger partial charge in [-0.2, -0.15) is 0 Å². The molecule has 0 atom stereocenters. The van der Waals surface area contributed by atoms with Gasteiger partial charge in [-0.25, -0.2) is 0 Å². The summed E-state index contributed by atoms with van der Waals surface area (Å²) in [5.41, 5.74) is 5.90. The predicted octanol–water partition coefficient (Wildman–Crippen LogP) is 1.81. The van der Waals surface area contributed by atoms with Crippen LogP contribution in [-0.2, 0) is 9.59 Å². The van der Waals surface area contributed by atoms with Gasteiger partial charge in [-0.3, -0.25) is 20.4 Å². The molecule has 3 N–H and O–H groups in total. The van der Waals surface area contributed by atoms with Gasteiger partial charge in [-0.05, 0) is 45.1 Å². The van der Waals surface area contributed by atoms with Crippen molar-refractivity contribution in [2.75, 3.05) is 17.2 Å². The van der Waals surface area contributed by atoms with E-state index in [2.05, 4.69) is 16.2 Å². The number of nitrogens with one attached hydrogen (secondary N) is 3. The molecule has 0 bridgehead atoms. The average molecular weight is 367 g/mol. The molecule has 2 amide bonds. The number of carbonyl (C=O) groups is 2. The van der Waals surface area contributed by atoms with Gasteiger partial charge >= 0.3 is 0 Å². The Kier molecular flexibility index (Phi) is 6.06. The molecule has 8 heteroatoms. The van der Waals surface area contributed by atoms with Crippen LogP contribution in [0.25, 0.3) is 0 Å². The highest BCUT2D eigenvalue weighted by molar-refractivity contribution is 8.00. The minimum absolute atomic E-state index is 0.0179. The standard InChI is InChI=1S/C16H22N4O2S2/c1-16(2,3)17-15(23)19-18-13(21)8-9-20-11-6-4-5-7-12(11)24-10-14(20)22/h4-7H,8-10H2,1-3H3,(H,18,21)(H2,17,19,23). The second-order valence-electron chi connectivity index (χ2n) is 6.43. The molecule has 0 aliphatic carbocycles. The first-order chi connectivity index (χ1) is 11.3. The molecule has 1 aliphatic heterocycles. The highest BCUT2D eigenvalue weighted by atomic mass is 32.2. The number of anilines is 1. The van der Waals surface area contributed by atoms with Gasteiger partial charge in [-0.1, -0.05) is 12.1 Å². The lowest BCUT2D eigenvalue weighted by atomic mass is 10.1. The molecule has 0 aromatic heterocycles. The summed E-state index contributed by atoms with van der Waals surface area (Å²) in [5, 5.41) is 3.39. The Morgan fingerprint density at radius 3 is 2.71 bits per heavy atom. The molecule has 0 saturated carbocycles. The Hall–Kier alpha value is -1.80. The Bertz CT molecular complexity index is 643. The van der Waals surface area contributed by atoms with Crippen molar-refractivity contribution in [2.24, 2.45) is 0 Å². The van der Waals surface area contributed by atoms with Gasteiger partial charge in [0.1, 0.15) is 0 Å². The van der Waals surface area contributed by atoms with E-state index in [1.54, 1.807) is 4.90 Å². The summed E-state index contributed by atoms with van der Waals surface area (Å²) in [6.07, 6.45) is 0.190. The monoisotopic (exact) mass is 366 g/mol. The number of nitrogens with zero attached hydrogens (tertiary/aromatic N) is 1. The van der Waals surface area contributed by atoms with Crippen molar-refractivity contribution in [3.8, 4) is 0 Å². The topological polar surface area (TPSA) is 73.5 Å². The fourth-order valence-electron chi connectivity index (χ4n) is 2.17. The highest BCUT2D eigenvalue weighted by Crippen LogP contribution is 2.34. The zero-order valence-electron chi connectivity index (χ0n) is 14.0. The van der Waals surface area contributed by atoms with Crippen molar-refractivity contribution in [2.45, 2.75) is 37.6 Å². The molecule has 2 rings (SSSR count). The molecule has 0 fully saturated rings. The van der Waals surface area contributed by atoms with Crippen LogP contribution in [0.1, 0.15) is 27.2 Å². The summed E-state index contributed by atoms with van der Waals surface area (Å²) in [5.74, 6) is 0.192. The molecule has 130 valence electrons. The molecule has 1 aliphatic rings. The second kappa shape index (κ2) is 7.85. The average Bonchev–Trinajstić information content (AvgIpc) is 2.50. The number of fused-ring (bicyclic) bond motifs is 1. The van der Waals surface area contributed by atoms with Crippen LogP contribution in [0.3, 0.4) is 0 Å². The zero-order chi connectivity index (χ0) is 17.7. The largest absolute Gasteiger partial charge is 0.357 e. The number of hydrogen-bond acceptors (Lipinski definition) is 4. The van der Waals surface area contributed by atoms with E-state index in [1.807, 2.05) is 45.0 Å². The van der Waals surface area contributed by atoms with Gasteiger partial charge in [-0.15, -0.1) is 11.8 Å². The summed E-state index contributed by atoms with van der Waals surface area (Å²) >= 11 is 6.62. The molecular formula is C16H22N4O2S2. The van der Waals surface area contributed by atoms with Gasteiger partial charge in [0, 0.05) is 23.4 Å². The minimum Gasteiger partial charge on any atom is -0.357 e. The first kappa shape index (κ1) is 18.5. The molecule has 0 spiro atoms. The maximum Gasteiger partial charge on any atom is 0.240 e. The summed E-state index contributed by atoms with van der Waals surface area (Å²) in [7, 11) is 0. The van der Waals surface area contributed by atoms with E-state index in [-0.39, 0.29) is 23.8 Å². The molecule has 0 unspecified atom stereocenters. The Balaban J connectivity index is 1.84. The first-order valence-electron chi connectivity index (χ1n) is 7.65. The third kappa shape index (κ3) is 5.38. The van der Waals surface area contributed by atoms with Crippen LogP contribution in [0.5, 0.6) is 0 Å². The molecule has 1 aromatic carbocycles. The Morgan fingerprint density at radius 2 is 2.00 bits per heavy atom. The van der Waals surface area contributed by atoms with Gasteiger partial charge < -0.3 is 10.2 Å². The number of hydrogen-bond donors (Lipinski definition) is 3. The van der Waals surface area contributed by atoms with E-state index < -0.39 is 0 Å². The van der Waals surface area contributed by atoms with Crippen LogP contribution in [-0.4, -0.2) is 34.8 Å². The summed E-state index contributed by atoms with van der Waals surface area (Å²) in [4.78, 5) is 26.8. The number of para-hydroxylation sites is 1. The van der Waals surface area contributed by atoms with Crippen LogP contribution in [0, 0.1) is 0 Å². The summed E-state index contributed by atoms with van der Waals surface area (Å²) in [6.45, 7) is 6.25. The van der Waals surface area contributed by atoms with E-state index in [4.69, 9.17) is 12.2 Å². The van der Waals surface area contributed by atoms with E-state index in [0.29, 0.717) is 17.4 Å². The van der Waals surface area contributed by atoms with Crippen LogP contribution >= 0.6 is 24.0 Å². The number of thioether (sulfide) groups is 1. The fraction of sp³-hybridized carbons (Fsp3) is 0.438. The van der Waals surface area contributed by atoms with Crippen LogP contribution in [0.2, 0.25) is 0 Å². The van der Waals surface area contributed by atoms with E-state index in [1.165, 1.54) is 11.8 Å². The third-order valence-corrected chi connectivity index (χ3v) is 4.43. The number of carbonyl (C=O) groups excluding carboxylic acids is 2. The van der Waals surface area contributed by atoms with Crippen molar-refractivity contribution < 1.29 is 9.59 Å². The maximum absolute atomic E-state index is 12.1. The summed E-state index contributed by atoms with van der Waals surface area (Å²) in [6, 6.07) is 7.72. The van der Waals surface area contributed by atoms with Crippen molar-refractivity contribution in [1.29, 1.82) is 0 Å². The van der Waals surface area contributed by atoms with Gasteiger partial charge in [0.15, 0.2) is 5.11 Å². The lowest BCUT2D eigenvalue weighted by Gasteiger charge is -2.28. The number of benzene rings is 1. The van der Waals surface area contributed by atoms with Gasteiger partial charge in [0.05, 0.1) is 11.4 Å². The molecule has 1 aromatic rings. The second-order valence-corrected chi connectivity index (χ2v) is 7.85. The number of thiocarbonyl (C=S) groups is 1. The Labute approximate surface area is 151 Å². The number of rotatable bonds is 3. The maximum atomic E-state index is 12.1. The van der Waals surface area contributed by atoms with Crippen LogP contribution in [0.15, 0.2) is 29.2 Å². The molecular weight excluding hydrogens is 344 g/mol. The SMILES string of the molecule is CC(C)(C)NC(=S)NNC(=O)CCN1C(=O)CSc2ccccc21. The molecule has 0 radical (unpaired) electrons. The zero-order valence-corrected chi connectivity index (χ0v) is 15.6. The minimum atomic E-state index is -0.225. The molecule has 0 saturated heterocycles. The predicted molar refractivity (Wildman–Crippen MR) is 101 cm³/mol. The molecule has 1 heterocycles.